The Morgan fingerprint density at radius 2 is 1.50 bits per heavy atom. The van der Waals surface area contributed by atoms with Crippen molar-refractivity contribution in [2.75, 3.05) is 26.5 Å². The van der Waals surface area contributed by atoms with E-state index in [4.69, 9.17) is 9.47 Å². The van der Waals surface area contributed by atoms with Crippen LogP contribution in [0.4, 0.5) is 4.79 Å². The van der Waals surface area contributed by atoms with E-state index in [1.165, 1.54) is 21.6 Å². The van der Waals surface area contributed by atoms with Crippen LogP contribution in [0, 0.1) is 0 Å². The van der Waals surface area contributed by atoms with Gasteiger partial charge < -0.3 is 19.7 Å². The zero-order chi connectivity index (χ0) is 29.6. The van der Waals surface area contributed by atoms with Gasteiger partial charge in [-0.05, 0) is 16.7 Å². The third kappa shape index (κ3) is 6.33. The van der Waals surface area contributed by atoms with Crippen LogP contribution in [0.3, 0.4) is 0 Å². The molecule has 0 aromatic heterocycles. The highest BCUT2D eigenvalue weighted by Crippen LogP contribution is 2.41. The summed E-state index contributed by atoms with van der Waals surface area (Å²) in [6.45, 7) is -0.183. The minimum atomic E-state index is -0.793. The summed E-state index contributed by atoms with van der Waals surface area (Å²) in [6.07, 6.45) is -1.17. The third-order valence-electron chi connectivity index (χ3n) is 6.93. The van der Waals surface area contributed by atoms with Crippen molar-refractivity contribution in [2.45, 2.75) is 23.9 Å². The molecule has 3 amide bonds. The molecule has 9 nitrogen and oxygen atoms in total. The molecule has 3 aromatic carbocycles. The van der Waals surface area contributed by atoms with E-state index in [1.54, 1.807) is 14.1 Å². The Balaban J connectivity index is 1.40. The number of carbonyl (C=O) groups excluding carboxylic acids is 4. The highest BCUT2D eigenvalue weighted by molar-refractivity contribution is 8.00. The average molecular weight is 586 g/mol. The second kappa shape index (κ2) is 12.9. The van der Waals surface area contributed by atoms with Gasteiger partial charge in [-0.3, -0.25) is 14.5 Å². The number of nitrogens with zero attached hydrogens (tertiary/aromatic N) is 2. The third-order valence-corrected chi connectivity index (χ3v) is 8.27. The van der Waals surface area contributed by atoms with Crippen molar-refractivity contribution in [1.29, 1.82) is 0 Å². The maximum Gasteiger partial charge on any atom is 0.409 e. The molecule has 0 aliphatic carbocycles. The summed E-state index contributed by atoms with van der Waals surface area (Å²) in [7, 11) is 3.12. The van der Waals surface area contributed by atoms with Gasteiger partial charge in [0.05, 0.1) is 6.42 Å². The first-order chi connectivity index (χ1) is 20.3. The van der Waals surface area contributed by atoms with Crippen LogP contribution in [0.1, 0.15) is 22.8 Å². The molecular formula is C32H31N3O6S. The number of benzene rings is 3. The Bertz CT molecular complexity index is 1440. The van der Waals surface area contributed by atoms with Crippen LogP contribution in [0.5, 0.6) is 0 Å². The fraction of sp³-hybridized carbons (Fsp3) is 0.250. The smallest absolute Gasteiger partial charge is 0.409 e. The van der Waals surface area contributed by atoms with E-state index < -0.39 is 35.5 Å². The van der Waals surface area contributed by atoms with Gasteiger partial charge in [-0.15, -0.1) is 11.8 Å². The van der Waals surface area contributed by atoms with Gasteiger partial charge in [0.1, 0.15) is 23.7 Å². The predicted octanol–water partition coefficient (Wildman–Crippen LogP) is 3.91. The van der Waals surface area contributed by atoms with E-state index in [9.17, 15) is 19.2 Å². The van der Waals surface area contributed by atoms with Gasteiger partial charge in [0, 0.05) is 25.4 Å². The summed E-state index contributed by atoms with van der Waals surface area (Å²) in [5, 5.41) is 2.33. The summed E-state index contributed by atoms with van der Waals surface area (Å²) in [5.74, 6) is -1.11. The lowest BCUT2D eigenvalue weighted by Gasteiger charge is -2.49. The zero-order valence-corrected chi connectivity index (χ0v) is 24.1. The van der Waals surface area contributed by atoms with Crippen LogP contribution < -0.4 is 5.32 Å². The van der Waals surface area contributed by atoms with E-state index in [0.29, 0.717) is 11.3 Å². The Kier molecular flexibility index (Phi) is 8.92. The first-order valence-corrected chi connectivity index (χ1v) is 14.5. The molecule has 10 heteroatoms. The molecule has 0 radical (unpaired) electrons. The van der Waals surface area contributed by atoms with Crippen LogP contribution >= 0.6 is 11.8 Å². The first-order valence-electron chi connectivity index (χ1n) is 13.5. The quantitative estimate of drug-likeness (QED) is 0.300. The number of carbonyl (C=O) groups is 4. The first kappa shape index (κ1) is 28.9. The lowest BCUT2D eigenvalue weighted by Crippen LogP contribution is -2.70. The lowest BCUT2D eigenvalue weighted by molar-refractivity contribution is -0.154. The molecule has 0 bridgehead atoms. The molecule has 3 aromatic rings. The molecule has 0 spiro atoms. The Morgan fingerprint density at radius 3 is 2.07 bits per heavy atom. The molecule has 42 heavy (non-hydrogen) atoms. The second-order valence-corrected chi connectivity index (χ2v) is 11.2. The highest BCUT2D eigenvalue weighted by Gasteiger charge is 2.54. The summed E-state index contributed by atoms with van der Waals surface area (Å²) >= 11 is 1.39. The Hall–Kier alpha value is -4.57. The summed E-state index contributed by atoms with van der Waals surface area (Å²) in [5.41, 5.74) is 2.86. The molecule has 1 saturated heterocycles. The van der Waals surface area contributed by atoms with E-state index in [2.05, 4.69) is 5.32 Å². The zero-order valence-electron chi connectivity index (χ0n) is 23.3. The van der Waals surface area contributed by atoms with Gasteiger partial charge in [-0.2, -0.15) is 0 Å². The minimum Gasteiger partial charge on any atom is -0.448 e. The summed E-state index contributed by atoms with van der Waals surface area (Å²) in [6, 6.07) is 27.1. The molecule has 216 valence electrons. The lowest BCUT2D eigenvalue weighted by atomic mass is 10.0. The van der Waals surface area contributed by atoms with Crippen molar-refractivity contribution in [2.24, 2.45) is 0 Å². The van der Waals surface area contributed by atoms with Crippen LogP contribution in [-0.4, -0.2) is 71.5 Å². The van der Waals surface area contributed by atoms with E-state index in [0.717, 1.165) is 16.7 Å². The van der Waals surface area contributed by atoms with Crippen LogP contribution in [-0.2, 0) is 30.3 Å². The maximum absolute atomic E-state index is 13.9. The summed E-state index contributed by atoms with van der Waals surface area (Å²) in [4.78, 5) is 55.0. The Morgan fingerprint density at radius 1 is 0.929 bits per heavy atom. The number of amides is 3. The normalized spacial score (nSPS) is 17.7. The summed E-state index contributed by atoms with van der Waals surface area (Å²) < 4.78 is 11.5. The number of hydrogen-bond donors (Lipinski definition) is 1. The standard InChI is InChI=1S/C32H31N3O6S/c1-34(2)32(39)40-19-24-20-42-30-26(33-25(36)18-21-12-6-3-7-13-21)29(37)35(30)27(24)31(38)41-28(22-14-8-4-9-15-22)23-16-10-5-11-17-23/h3-17,26,28,30H,18-20H2,1-2H3,(H,33,36)/t26?,30-/m1/s1. The molecule has 1 fully saturated rings. The molecule has 2 heterocycles. The average Bonchev–Trinajstić information content (AvgIpc) is 3.01. The number of thioether (sulfide) groups is 1. The molecule has 2 aliphatic rings. The molecule has 5 rings (SSSR count). The van der Waals surface area contributed by atoms with Crippen molar-refractivity contribution in [3.8, 4) is 0 Å². The topological polar surface area (TPSA) is 105 Å². The van der Waals surface area contributed by atoms with Gasteiger partial charge in [-0.1, -0.05) is 91.0 Å². The van der Waals surface area contributed by atoms with Gasteiger partial charge in [0.25, 0.3) is 5.91 Å². The van der Waals surface area contributed by atoms with E-state index in [-0.39, 0.29) is 24.6 Å². The minimum absolute atomic E-state index is 0.0423. The number of nitrogens with one attached hydrogen (secondary N) is 1. The predicted molar refractivity (Wildman–Crippen MR) is 158 cm³/mol. The Labute approximate surface area is 248 Å². The largest absolute Gasteiger partial charge is 0.448 e. The molecule has 1 N–H and O–H groups in total. The number of hydrogen-bond acceptors (Lipinski definition) is 7. The number of ether oxygens (including phenoxy) is 2. The number of esters is 1. The maximum atomic E-state index is 13.9. The number of β-lactam (4-membered cyclic amide) rings is 1. The van der Waals surface area contributed by atoms with Crippen molar-refractivity contribution < 1.29 is 28.7 Å². The molecule has 2 atom stereocenters. The molecule has 1 unspecified atom stereocenters. The molecule has 0 saturated carbocycles. The number of fused-ring (bicyclic) bond motifs is 1. The van der Waals surface area contributed by atoms with Crippen molar-refractivity contribution >= 4 is 35.6 Å². The van der Waals surface area contributed by atoms with Gasteiger partial charge in [0.15, 0.2) is 6.10 Å². The highest BCUT2D eigenvalue weighted by atomic mass is 32.2. The van der Waals surface area contributed by atoms with E-state index >= 15 is 0 Å². The monoisotopic (exact) mass is 585 g/mol. The van der Waals surface area contributed by atoms with Gasteiger partial charge in [0.2, 0.25) is 5.91 Å². The van der Waals surface area contributed by atoms with Crippen molar-refractivity contribution in [3.63, 3.8) is 0 Å². The van der Waals surface area contributed by atoms with Gasteiger partial charge in [-0.25, -0.2) is 9.59 Å². The van der Waals surface area contributed by atoms with Crippen LogP contribution in [0.2, 0.25) is 0 Å². The fourth-order valence-corrected chi connectivity index (χ4v) is 6.14. The van der Waals surface area contributed by atoms with Crippen molar-refractivity contribution in [1.82, 2.24) is 15.1 Å². The van der Waals surface area contributed by atoms with Crippen LogP contribution in [0.25, 0.3) is 0 Å². The fourth-order valence-electron chi connectivity index (χ4n) is 4.81. The number of rotatable bonds is 9. The molecule has 2 aliphatic heterocycles. The second-order valence-electron chi connectivity index (χ2n) is 10.1. The van der Waals surface area contributed by atoms with E-state index in [1.807, 2.05) is 91.0 Å². The molecular weight excluding hydrogens is 554 g/mol. The SMILES string of the molecule is CN(C)C(=O)OCC1=C(C(=O)OC(c2ccccc2)c2ccccc2)N2C(=O)C(NC(=O)Cc3ccccc3)[C@H]2SC1. The van der Waals surface area contributed by atoms with Crippen molar-refractivity contribution in [3.05, 3.63) is 119 Å². The van der Waals surface area contributed by atoms with Crippen LogP contribution in [0.15, 0.2) is 102 Å². The van der Waals surface area contributed by atoms with Gasteiger partial charge >= 0.3 is 12.1 Å².